The van der Waals surface area contributed by atoms with Gasteiger partial charge < -0.3 is 15.5 Å². The lowest BCUT2D eigenvalue weighted by Gasteiger charge is -2.17. The number of nitrogens with zero attached hydrogens (tertiary/aromatic N) is 1. The number of likely N-dealkylation sites (N-methyl/N-ethyl adjacent to an activating group) is 2. The number of amides is 1. The first-order valence-electron chi connectivity index (χ1n) is 5.33. The molecular weight excluding hydrogens is 178 g/mol. The van der Waals surface area contributed by atoms with Gasteiger partial charge >= 0.3 is 0 Å². The van der Waals surface area contributed by atoms with E-state index in [4.69, 9.17) is 0 Å². The highest BCUT2D eigenvalue weighted by molar-refractivity contribution is 5.77. The SMILES string of the molecule is CNCCN(C)C(=O)CNCC1CC1. The maximum absolute atomic E-state index is 11.5. The summed E-state index contributed by atoms with van der Waals surface area (Å²) in [6.07, 6.45) is 2.66. The molecule has 14 heavy (non-hydrogen) atoms. The summed E-state index contributed by atoms with van der Waals surface area (Å²) in [5, 5.41) is 6.22. The Kier molecular flexibility index (Phi) is 4.90. The molecule has 4 heteroatoms. The number of nitrogens with one attached hydrogen (secondary N) is 2. The molecule has 0 unspecified atom stereocenters. The van der Waals surface area contributed by atoms with Crippen molar-refractivity contribution < 1.29 is 4.79 Å². The zero-order chi connectivity index (χ0) is 10.4. The first-order valence-corrected chi connectivity index (χ1v) is 5.33. The summed E-state index contributed by atoms with van der Waals surface area (Å²) in [5.41, 5.74) is 0. The van der Waals surface area contributed by atoms with E-state index in [1.807, 2.05) is 14.1 Å². The Hall–Kier alpha value is -0.610. The van der Waals surface area contributed by atoms with Crippen LogP contribution in [-0.2, 0) is 4.79 Å². The van der Waals surface area contributed by atoms with Gasteiger partial charge in [-0.25, -0.2) is 0 Å². The van der Waals surface area contributed by atoms with Crippen LogP contribution in [-0.4, -0.2) is 51.1 Å². The molecule has 0 radical (unpaired) electrons. The van der Waals surface area contributed by atoms with Gasteiger partial charge in [0.15, 0.2) is 0 Å². The van der Waals surface area contributed by atoms with E-state index in [1.54, 1.807) is 4.90 Å². The van der Waals surface area contributed by atoms with Crippen molar-refractivity contribution in [3.63, 3.8) is 0 Å². The average molecular weight is 199 g/mol. The Morgan fingerprint density at radius 3 is 2.79 bits per heavy atom. The summed E-state index contributed by atoms with van der Waals surface area (Å²) in [6.45, 7) is 3.12. The topological polar surface area (TPSA) is 44.4 Å². The molecule has 2 N–H and O–H groups in total. The Morgan fingerprint density at radius 1 is 1.50 bits per heavy atom. The lowest BCUT2D eigenvalue weighted by atomic mass is 10.4. The molecule has 0 bridgehead atoms. The van der Waals surface area contributed by atoms with Crippen LogP contribution in [0.3, 0.4) is 0 Å². The van der Waals surface area contributed by atoms with Gasteiger partial charge in [0.2, 0.25) is 5.91 Å². The Bertz CT molecular complexity index is 180. The number of hydrogen-bond acceptors (Lipinski definition) is 3. The molecule has 0 aromatic heterocycles. The molecule has 0 heterocycles. The van der Waals surface area contributed by atoms with Crippen LogP contribution in [0.1, 0.15) is 12.8 Å². The van der Waals surface area contributed by atoms with Crippen LogP contribution in [0, 0.1) is 5.92 Å². The van der Waals surface area contributed by atoms with E-state index >= 15 is 0 Å². The zero-order valence-corrected chi connectivity index (χ0v) is 9.18. The molecule has 1 rings (SSSR count). The Balaban J connectivity index is 2.00. The predicted molar refractivity (Wildman–Crippen MR) is 57.2 cm³/mol. The van der Waals surface area contributed by atoms with Crippen molar-refractivity contribution in [2.45, 2.75) is 12.8 Å². The molecule has 0 atom stereocenters. The summed E-state index contributed by atoms with van der Waals surface area (Å²) < 4.78 is 0. The minimum absolute atomic E-state index is 0.181. The summed E-state index contributed by atoms with van der Waals surface area (Å²) in [7, 11) is 3.74. The van der Waals surface area contributed by atoms with Crippen molar-refractivity contribution in [3.8, 4) is 0 Å². The van der Waals surface area contributed by atoms with E-state index in [0.717, 1.165) is 25.6 Å². The standard InChI is InChI=1S/C10H21N3O/c1-11-5-6-13(2)10(14)8-12-7-9-3-4-9/h9,11-12H,3-8H2,1-2H3. The van der Waals surface area contributed by atoms with Crippen LogP contribution in [0.4, 0.5) is 0 Å². The minimum Gasteiger partial charge on any atom is -0.343 e. The Labute approximate surface area is 86.0 Å². The molecule has 0 saturated heterocycles. The summed E-state index contributed by atoms with van der Waals surface area (Å²) >= 11 is 0. The summed E-state index contributed by atoms with van der Waals surface area (Å²) in [5.74, 6) is 1.02. The van der Waals surface area contributed by atoms with E-state index < -0.39 is 0 Å². The fraction of sp³-hybridized carbons (Fsp3) is 0.900. The second-order valence-electron chi connectivity index (χ2n) is 3.99. The molecule has 0 aromatic rings. The van der Waals surface area contributed by atoms with Crippen molar-refractivity contribution >= 4 is 5.91 Å². The van der Waals surface area contributed by atoms with E-state index in [2.05, 4.69) is 10.6 Å². The second kappa shape index (κ2) is 5.98. The highest BCUT2D eigenvalue weighted by Gasteiger charge is 2.20. The molecule has 1 saturated carbocycles. The van der Waals surface area contributed by atoms with Gasteiger partial charge in [0.05, 0.1) is 6.54 Å². The molecule has 1 aliphatic carbocycles. The summed E-state index contributed by atoms with van der Waals surface area (Å²) in [6, 6.07) is 0. The van der Waals surface area contributed by atoms with Crippen LogP contribution in [0.5, 0.6) is 0 Å². The lowest BCUT2D eigenvalue weighted by Crippen LogP contribution is -2.39. The largest absolute Gasteiger partial charge is 0.343 e. The maximum Gasteiger partial charge on any atom is 0.236 e. The molecule has 0 aliphatic heterocycles. The van der Waals surface area contributed by atoms with Gasteiger partial charge in [-0.2, -0.15) is 0 Å². The highest BCUT2D eigenvalue weighted by Crippen LogP contribution is 2.27. The van der Waals surface area contributed by atoms with Crippen LogP contribution >= 0.6 is 0 Å². The van der Waals surface area contributed by atoms with E-state index in [-0.39, 0.29) is 5.91 Å². The van der Waals surface area contributed by atoms with Gasteiger partial charge in [-0.05, 0) is 32.4 Å². The molecule has 1 amide bonds. The average Bonchev–Trinajstić information content (AvgIpc) is 2.97. The van der Waals surface area contributed by atoms with Crippen molar-refractivity contribution in [3.05, 3.63) is 0 Å². The minimum atomic E-state index is 0.181. The third-order valence-electron chi connectivity index (χ3n) is 2.53. The smallest absolute Gasteiger partial charge is 0.236 e. The third kappa shape index (κ3) is 4.58. The molecule has 1 aliphatic rings. The van der Waals surface area contributed by atoms with Gasteiger partial charge in [0.25, 0.3) is 0 Å². The number of hydrogen-bond donors (Lipinski definition) is 2. The van der Waals surface area contributed by atoms with Gasteiger partial charge in [-0.1, -0.05) is 0 Å². The van der Waals surface area contributed by atoms with Gasteiger partial charge in [-0.15, -0.1) is 0 Å². The quantitative estimate of drug-likeness (QED) is 0.590. The first-order chi connectivity index (χ1) is 6.74. The number of rotatable bonds is 7. The number of carbonyl (C=O) groups is 1. The van der Waals surface area contributed by atoms with Crippen molar-refractivity contribution in [1.82, 2.24) is 15.5 Å². The molecular formula is C10H21N3O. The molecule has 4 nitrogen and oxygen atoms in total. The summed E-state index contributed by atoms with van der Waals surface area (Å²) in [4.78, 5) is 13.2. The van der Waals surface area contributed by atoms with Crippen molar-refractivity contribution in [2.75, 3.05) is 40.3 Å². The van der Waals surface area contributed by atoms with Crippen LogP contribution < -0.4 is 10.6 Å². The zero-order valence-electron chi connectivity index (χ0n) is 9.18. The van der Waals surface area contributed by atoms with Crippen molar-refractivity contribution in [1.29, 1.82) is 0 Å². The van der Waals surface area contributed by atoms with E-state index in [0.29, 0.717) is 6.54 Å². The molecule has 1 fully saturated rings. The second-order valence-corrected chi connectivity index (χ2v) is 3.99. The Morgan fingerprint density at radius 2 is 2.21 bits per heavy atom. The van der Waals surface area contributed by atoms with Crippen LogP contribution in [0.2, 0.25) is 0 Å². The molecule has 0 aromatic carbocycles. The predicted octanol–water partition coefficient (Wildman–Crippen LogP) is -0.336. The van der Waals surface area contributed by atoms with Gasteiger partial charge in [0, 0.05) is 20.1 Å². The van der Waals surface area contributed by atoms with Crippen LogP contribution in [0.25, 0.3) is 0 Å². The fourth-order valence-electron chi connectivity index (χ4n) is 1.24. The van der Waals surface area contributed by atoms with E-state index in [1.165, 1.54) is 12.8 Å². The lowest BCUT2D eigenvalue weighted by molar-refractivity contribution is -0.128. The van der Waals surface area contributed by atoms with Gasteiger partial charge in [0.1, 0.15) is 0 Å². The van der Waals surface area contributed by atoms with Crippen LogP contribution in [0.15, 0.2) is 0 Å². The van der Waals surface area contributed by atoms with Crippen molar-refractivity contribution in [2.24, 2.45) is 5.92 Å². The normalized spacial score (nSPS) is 15.6. The number of carbonyl (C=O) groups excluding carboxylic acids is 1. The maximum atomic E-state index is 11.5. The molecule has 0 spiro atoms. The molecule has 82 valence electrons. The fourth-order valence-corrected chi connectivity index (χ4v) is 1.24. The highest BCUT2D eigenvalue weighted by atomic mass is 16.2. The third-order valence-corrected chi connectivity index (χ3v) is 2.53. The van der Waals surface area contributed by atoms with Gasteiger partial charge in [-0.3, -0.25) is 4.79 Å². The van der Waals surface area contributed by atoms with E-state index in [9.17, 15) is 4.79 Å². The monoisotopic (exact) mass is 199 g/mol. The first kappa shape index (κ1) is 11.5.